The van der Waals surface area contributed by atoms with Crippen LogP contribution in [0.1, 0.15) is 25.1 Å². The Labute approximate surface area is 246 Å². The van der Waals surface area contributed by atoms with Crippen LogP contribution in [-0.2, 0) is 41.6 Å². The number of H-pyrrole nitrogens is 1. The second kappa shape index (κ2) is 16.4. The van der Waals surface area contributed by atoms with E-state index in [1.54, 1.807) is 0 Å². The van der Waals surface area contributed by atoms with Crippen LogP contribution in [0.2, 0.25) is 0 Å². The monoisotopic (exact) mass is 604 g/mol. The number of aliphatic hydroxyl groups excluding tert-OH is 1. The van der Waals surface area contributed by atoms with Crippen molar-refractivity contribution in [2.75, 3.05) is 13.1 Å². The maximum atomic E-state index is 13.0. The number of carbonyl (C=O) groups is 6. The van der Waals surface area contributed by atoms with Gasteiger partial charge in [0.2, 0.25) is 29.5 Å². The van der Waals surface area contributed by atoms with Gasteiger partial charge in [-0.3, -0.25) is 28.8 Å². The van der Waals surface area contributed by atoms with Crippen molar-refractivity contribution in [2.24, 2.45) is 5.73 Å². The van der Waals surface area contributed by atoms with Gasteiger partial charge in [-0.05, 0) is 31.5 Å². The van der Waals surface area contributed by atoms with E-state index in [4.69, 9.17) is 10.8 Å². The van der Waals surface area contributed by atoms with E-state index < -0.39 is 78.9 Å². The summed E-state index contributed by atoms with van der Waals surface area (Å²) in [5.41, 5.74) is 6.98. The molecule has 2 rings (SSSR count). The van der Waals surface area contributed by atoms with Gasteiger partial charge >= 0.3 is 5.97 Å². The van der Waals surface area contributed by atoms with Gasteiger partial charge in [-0.15, -0.1) is 0 Å². The van der Waals surface area contributed by atoms with E-state index in [1.807, 2.05) is 0 Å². The van der Waals surface area contributed by atoms with Crippen LogP contribution in [0.5, 0.6) is 5.75 Å². The largest absolute Gasteiger partial charge is 0.508 e. The first-order chi connectivity index (χ1) is 20.3. The van der Waals surface area contributed by atoms with Crippen molar-refractivity contribution >= 4 is 35.5 Å². The SMILES string of the molecule is C[C@H](NC(=O)[C@@H](N)Cc1cnc[nH]1)C(=O)NCC(=O)N[C@H](C(=O)N[C@@H](Cc1ccc(O)cc1)C(=O)NCC(=O)O)[C@@H](C)O. The first kappa shape index (κ1) is 34.2. The van der Waals surface area contributed by atoms with Gasteiger partial charge in [0.15, 0.2) is 0 Å². The highest BCUT2D eigenvalue weighted by molar-refractivity contribution is 5.95. The van der Waals surface area contributed by atoms with Crippen LogP contribution in [-0.4, -0.2) is 104 Å². The highest BCUT2D eigenvalue weighted by Gasteiger charge is 2.30. The van der Waals surface area contributed by atoms with Crippen LogP contribution in [0.4, 0.5) is 0 Å². The average Bonchev–Trinajstić information content (AvgIpc) is 3.46. The molecule has 5 amide bonds. The number of imidazole rings is 1. The van der Waals surface area contributed by atoms with Crippen molar-refractivity contribution < 1.29 is 44.1 Å². The second-order valence-electron chi connectivity index (χ2n) is 9.66. The molecule has 0 radical (unpaired) electrons. The number of phenols is 1. The number of aliphatic carboxylic acids is 1. The third-order valence-corrected chi connectivity index (χ3v) is 6.01. The van der Waals surface area contributed by atoms with Gasteiger partial charge in [0.25, 0.3) is 0 Å². The number of aromatic amines is 1. The third kappa shape index (κ3) is 11.8. The predicted molar refractivity (Wildman–Crippen MR) is 149 cm³/mol. The second-order valence-corrected chi connectivity index (χ2v) is 9.66. The fourth-order valence-corrected chi connectivity index (χ4v) is 3.69. The molecule has 43 heavy (non-hydrogen) atoms. The number of hydrogen-bond acceptors (Lipinski definition) is 10. The number of hydrogen-bond donors (Lipinski definition) is 10. The Bertz CT molecular complexity index is 1270. The Kier molecular flexibility index (Phi) is 13.1. The van der Waals surface area contributed by atoms with Gasteiger partial charge in [-0.2, -0.15) is 0 Å². The van der Waals surface area contributed by atoms with E-state index >= 15 is 0 Å². The summed E-state index contributed by atoms with van der Waals surface area (Å²) in [5, 5.41) is 40.1. The quantitative estimate of drug-likeness (QED) is 0.0893. The highest BCUT2D eigenvalue weighted by atomic mass is 16.4. The number of nitrogens with zero attached hydrogens (tertiary/aromatic N) is 1. The van der Waals surface area contributed by atoms with Crippen LogP contribution in [0.15, 0.2) is 36.8 Å². The Morgan fingerprint density at radius 3 is 2.12 bits per heavy atom. The summed E-state index contributed by atoms with van der Waals surface area (Å²) in [5.74, 6) is -5.35. The molecule has 0 saturated heterocycles. The maximum Gasteiger partial charge on any atom is 0.322 e. The van der Waals surface area contributed by atoms with Gasteiger partial charge in [0.05, 0.1) is 25.0 Å². The Hall–Kier alpha value is -5.03. The number of carboxylic acids is 1. The van der Waals surface area contributed by atoms with Crippen molar-refractivity contribution in [1.29, 1.82) is 0 Å². The molecule has 0 aliphatic heterocycles. The zero-order valence-corrected chi connectivity index (χ0v) is 23.5. The number of carboxylic acid groups (broad SMARTS) is 1. The third-order valence-electron chi connectivity index (χ3n) is 6.01. The summed E-state index contributed by atoms with van der Waals surface area (Å²) >= 11 is 0. The van der Waals surface area contributed by atoms with E-state index in [0.29, 0.717) is 11.3 Å². The molecule has 0 aliphatic rings. The Morgan fingerprint density at radius 2 is 1.53 bits per heavy atom. The zero-order valence-electron chi connectivity index (χ0n) is 23.5. The first-order valence-electron chi connectivity index (χ1n) is 13.1. The molecular formula is C26H36N8O9. The topological polar surface area (TPSA) is 278 Å². The molecule has 1 aromatic heterocycles. The number of nitrogens with one attached hydrogen (secondary N) is 6. The lowest BCUT2D eigenvalue weighted by Gasteiger charge is -2.25. The molecule has 234 valence electrons. The molecule has 0 aliphatic carbocycles. The van der Waals surface area contributed by atoms with Crippen LogP contribution < -0.4 is 32.3 Å². The lowest BCUT2D eigenvalue weighted by molar-refractivity contribution is -0.138. The molecule has 1 heterocycles. The molecule has 0 saturated carbocycles. The smallest absolute Gasteiger partial charge is 0.322 e. The Balaban J connectivity index is 1.95. The van der Waals surface area contributed by atoms with Crippen molar-refractivity contribution in [3.8, 4) is 5.75 Å². The van der Waals surface area contributed by atoms with E-state index in [1.165, 1.54) is 50.6 Å². The molecule has 0 spiro atoms. The number of carbonyl (C=O) groups excluding carboxylic acids is 5. The number of phenolic OH excluding ortho intramolecular Hbond substituents is 1. The molecule has 2 aromatic rings. The van der Waals surface area contributed by atoms with Gasteiger partial charge in [-0.25, -0.2) is 4.98 Å². The van der Waals surface area contributed by atoms with Crippen LogP contribution in [0.25, 0.3) is 0 Å². The summed E-state index contributed by atoms with van der Waals surface area (Å²) < 4.78 is 0. The van der Waals surface area contributed by atoms with Gasteiger partial charge in [-0.1, -0.05) is 12.1 Å². The number of rotatable bonds is 16. The molecule has 5 atom stereocenters. The first-order valence-corrected chi connectivity index (χ1v) is 13.1. The zero-order chi connectivity index (χ0) is 32.1. The molecule has 11 N–H and O–H groups in total. The molecule has 0 fully saturated rings. The molecule has 0 bridgehead atoms. The normalized spacial score (nSPS) is 14.2. The average molecular weight is 605 g/mol. The fraction of sp³-hybridized carbons (Fsp3) is 0.423. The maximum absolute atomic E-state index is 13.0. The van der Waals surface area contributed by atoms with Crippen LogP contribution >= 0.6 is 0 Å². The summed E-state index contributed by atoms with van der Waals surface area (Å²) in [7, 11) is 0. The Morgan fingerprint density at radius 1 is 0.884 bits per heavy atom. The van der Waals surface area contributed by atoms with E-state index in [2.05, 4.69) is 36.6 Å². The van der Waals surface area contributed by atoms with E-state index in [-0.39, 0.29) is 18.6 Å². The summed E-state index contributed by atoms with van der Waals surface area (Å²) in [6, 6.07) is 0.812. The molecule has 17 heteroatoms. The molecular weight excluding hydrogens is 568 g/mol. The van der Waals surface area contributed by atoms with Gasteiger partial charge in [0.1, 0.15) is 30.4 Å². The summed E-state index contributed by atoms with van der Waals surface area (Å²) in [6.07, 6.45) is 1.55. The molecule has 17 nitrogen and oxygen atoms in total. The number of aromatic hydroxyl groups is 1. The minimum Gasteiger partial charge on any atom is -0.508 e. The van der Waals surface area contributed by atoms with Crippen molar-refractivity contribution in [1.82, 2.24) is 36.6 Å². The fourth-order valence-electron chi connectivity index (χ4n) is 3.69. The number of aliphatic hydroxyl groups is 1. The summed E-state index contributed by atoms with van der Waals surface area (Å²) in [6.45, 7) is 1.26. The van der Waals surface area contributed by atoms with Crippen molar-refractivity contribution in [3.05, 3.63) is 48.0 Å². The number of nitrogens with two attached hydrogens (primary N) is 1. The standard InChI is InChI=1S/C26H36N8O9/c1-13(32-24(41)18(27)8-16-9-28-12-31-16)23(40)29-10-20(37)34-22(14(2)35)26(43)33-19(25(42)30-11-21(38)39)7-15-3-5-17(36)6-4-15/h3-6,9,12-14,18-19,22,35-36H,7-8,10-11,27H2,1-2H3,(H,28,31)(H,29,40)(H,30,42)(H,32,41)(H,33,43)(H,34,37)(H,38,39)/t13-,14+,18-,19-,22-/m0/s1. The van der Waals surface area contributed by atoms with E-state index in [0.717, 1.165) is 0 Å². The lowest BCUT2D eigenvalue weighted by Crippen LogP contribution is -2.59. The number of amides is 5. The highest BCUT2D eigenvalue weighted by Crippen LogP contribution is 2.12. The minimum atomic E-state index is -1.56. The van der Waals surface area contributed by atoms with Gasteiger partial charge < -0.3 is 52.6 Å². The van der Waals surface area contributed by atoms with Crippen molar-refractivity contribution in [2.45, 2.75) is 57.0 Å². The van der Waals surface area contributed by atoms with Crippen molar-refractivity contribution in [3.63, 3.8) is 0 Å². The van der Waals surface area contributed by atoms with Crippen LogP contribution in [0, 0.1) is 0 Å². The summed E-state index contributed by atoms with van der Waals surface area (Å²) in [4.78, 5) is 80.4. The minimum absolute atomic E-state index is 0.0331. The van der Waals surface area contributed by atoms with Gasteiger partial charge in [0, 0.05) is 24.7 Å². The predicted octanol–water partition coefficient (Wildman–Crippen LogP) is -3.60. The number of aromatic nitrogens is 2. The van der Waals surface area contributed by atoms with E-state index in [9.17, 15) is 39.0 Å². The lowest BCUT2D eigenvalue weighted by atomic mass is 10.0. The number of benzene rings is 1. The van der Waals surface area contributed by atoms with Crippen LogP contribution in [0.3, 0.4) is 0 Å². The molecule has 0 unspecified atom stereocenters. The molecule has 1 aromatic carbocycles.